The number of benzene rings is 1. The number of hydrogen-bond donors (Lipinski definition) is 2. The Bertz CT molecular complexity index is 524. The van der Waals surface area contributed by atoms with Crippen molar-refractivity contribution < 1.29 is 8.42 Å². The molecule has 1 aromatic carbocycles. The molecule has 0 aromatic heterocycles. The molecule has 0 heterocycles. The minimum absolute atomic E-state index is 0.0753. The molecule has 1 aliphatic carbocycles. The van der Waals surface area contributed by atoms with Crippen LogP contribution in [0.5, 0.6) is 0 Å². The lowest BCUT2D eigenvalue weighted by atomic mass is 9.83. The van der Waals surface area contributed by atoms with Gasteiger partial charge in [0.05, 0.1) is 4.90 Å². The van der Waals surface area contributed by atoms with E-state index in [-0.39, 0.29) is 10.9 Å². The molecule has 3 N–H and O–H groups in total. The monoisotopic (exact) mass is 318 g/mol. The molecule has 0 atom stereocenters. The highest BCUT2D eigenvalue weighted by Gasteiger charge is 2.29. The summed E-state index contributed by atoms with van der Waals surface area (Å²) >= 11 is 3.23. The first-order valence-corrected chi connectivity index (χ1v) is 7.73. The molecule has 0 bridgehead atoms. The molecular weight excluding hydrogens is 304 g/mol. The Kier molecular flexibility index (Phi) is 3.47. The van der Waals surface area contributed by atoms with Crippen LogP contribution < -0.4 is 10.5 Å². The smallest absolute Gasteiger partial charge is 0.240 e. The zero-order valence-corrected chi connectivity index (χ0v) is 11.9. The van der Waals surface area contributed by atoms with E-state index in [0.717, 1.165) is 12.8 Å². The topological polar surface area (TPSA) is 72.2 Å². The first-order valence-electron chi connectivity index (χ1n) is 5.46. The van der Waals surface area contributed by atoms with E-state index in [0.29, 0.717) is 16.1 Å². The molecule has 0 saturated heterocycles. The minimum atomic E-state index is -3.42. The average Bonchev–Trinajstić information content (AvgIpc) is 2.19. The largest absolute Gasteiger partial charge is 0.398 e. The lowest BCUT2D eigenvalue weighted by Crippen LogP contribution is -2.43. The highest BCUT2D eigenvalue weighted by atomic mass is 79.9. The first-order chi connectivity index (χ1) is 7.88. The zero-order valence-electron chi connectivity index (χ0n) is 9.48. The number of nitrogens with one attached hydrogen (secondary N) is 1. The predicted octanol–water partition coefficient (Wildman–Crippen LogP) is 2.11. The van der Waals surface area contributed by atoms with Gasteiger partial charge in [0.1, 0.15) is 0 Å². The number of rotatable bonds is 3. The van der Waals surface area contributed by atoms with Gasteiger partial charge in [-0.2, -0.15) is 0 Å². The standard InChI is InChI=1S/C11H15BrN2O2S/c1-7-4-8(5-7)14-17(15,16)9-2-3-11(13)10(12)6-9/h2-3,6-8,14H,4-5,13H2,1H3. The van der Waals surface area contributed by atoms with Crippen LogP contribution >= 0.6 is 15.9 Å². The molecule has 0 amide bonds. The third kappa shape index (κ3) is 2.81. The summed E-state index contributed by atoms with van der Waals surface area (Å²) in [5.41, 5.74) is 6.16. The molecule has 0 aliphatic heterocycles. The first kappa shape index (κ1) is 12.9. The molecule has 4 nitrogen and oxygen atoms in total. The maximum Gasteiger partial charge on any atom is 0.240 e. The van der Waals surface area contributed by atoms with E-state index >= 15 is 0 Å². The Labute approximate surface area is 110 Å². The summed E-state index contributed by atoms with van der Waals surface area (Å²) in [4.78, 5) is 0.248. The summed E-state index contributed by atoms with van der Waals surface area (Å²) in [7, 11) is -3.42. The van der Waals surface area contributed by atoms with Gasteiger partial charge in [-0.25, -0.2) is 13.1 Å². The van der Waals surface area contributed by atoms with Gasteiger partial charge in [0.25, 0.3) is 0 Å². The molecular formula is C11H15BrN2O2S. The van der Waals surface area contributed by atoms with Gasteiger partial charge < -0.3 is 5.73 Å². The van der Waals surface area contributed by atoms with Crippen molar-refractivity contribution >= 4 is 31.6 Å². The maximum absolute atomic E-state index is 12.0. The van der Waals surface area contributed by atoms with Crippen LogP contribution in [0.4, 0.5) is 5.69 Å². The van der Waals surface area contributed by atoms with Gasteiger partial charge in [0.15, 0.2) is 0 Å². The maximum atomic E-state index is 12.0. The summed E-state index contributed by atoms with van der Waals surface area (Å²) in [5.74, 6) is 0.612. The van der Waals surface area contributed by atoms with Crippen LogP contribution in [0.2, 0.25) is 0 Å². The molecule has 94 valence electrons. The Hall–Kier alpha value is -0.590. The van der Waals surface area contributed by atoms with E-state index in [1.807, 2.05) is 0 Å². The number of nitrogens with two attached hydrogens (primary N) is 1. The van der Waals surface area contributed by atoms with Crippen LogP contribution in [0.25, 0.3) is 0 Å². The van der Waals surface area contributed by atoms with Crippen molar-refractivity contribution in [2.75, 3.05) is 5.73 Å². The summed E-state index contributed by atoms with van der Waals surface area (Å²) in [6.45, 7) is 2.12. The van der Waals surface area contributed by atoms with Crippen LogP contribution in [0.15, 0.2) is 27.6 Å². The average molecular weight is 319 g/mol. The number of nitrogen functional groups attached to an aromatic ring is 1. The lowest BCUT2D eigenvalue weighted by molar-refractivity contribution is 0.270. The fourth-order valence-corrected chi connectivity index (χ4v) is 3.78. The molecule has 0 radical (unpaired) electrons. The third-order valence-corrected chi connectivity index (χ3v) is 5.18. The van der Waals surface area contributed by atoms with Crippen molar-refractivity contribution in [2.45, 2.75) is 30.7 Å². The van der Waals surface area contributed by atoms with Crippen LogP contribution in [-0.4, -0.2) is 14.5 Å². The van der Waals surface area contributed by atoms with E-state index in [4.69, 9.17) is 5.73 Å². The molecule has 17 heavy (non-hydrogen) atoms. The summed E-state index contributed by atoms with van der Waals surface area (Å²) in [6.07, 6.45) is 1.82. The number of sulfonamides is 1. The SMILES string of the molecule is CC1CC(NS(=O)(=O)c2ccc(N)c(Br)c2)C1. The van der Waals surface area contributed by atoms with Gasteiger partial charge in [-0.1, -0.05) is 6.92 Å². The van der Waals surface area contributed by atoms with Crippen LogP contribution in [0.1, 0.15) is 19.8 Å². The van der Waals surface area contributed by atoms with Gasteiger partial charge in [-0.15, -0.1) is 0 Å². The highest BCUT2D eigenvalue weighted by Crippen LogP contribution is 2.29. The van der Waals surface area contributed by atoms with Crippen molar-refractivity contribution in [3.05, 3.63) is 22.7 Å². The van der Waals surface area contributed by atoms with Crippen LogP contribution in [0.3, 0.4) is 0 Å². The Morgan fingerprint density at radius 1 is 1.41 bits per heavy atom. The molecule has 0 spiro atoms. The van der Waals surface area contributed by atoms with Crippen molar-refractivity contribution in [3.8, 4) is 0 Å². The van der Waals surface area contributed by atoms with Gasteiger partial charge >= 0.3 is 0 Å². The number of halogens is 1. The Morgan fingerprint density at radius 3 is 2.59 bits per heavy atom. The summed E-state index contributed by atoms with van der Waals surface area (Å²) < 4.78 is 27.4. The van der Waals surface area contributed by atoms with Gasteiger partial charge in [0, 0.05) is 16.2 Å². The molecule has 1 aliphatic rings. The summed E-state index contributed by atoms with van der Waals surface area (Å²) in [6, 6.07) is 4.71. The van der Waals surface area contributed by atoms with E-state index in [1.165, 1.54) is 12.1 Å². The third-order valence-electron chi connectivity index (χ3n) is 2.98. The van der Waals surface area contributed by atoms with Crippen molar-refractivity contribution in [3.63, 3.8) is 0 Å². The van der Waals surface area contributed by atoms with Crippen LogP contribution in [0, 0.1) is 5.92 Å². The van der Waals surface area contributed by atoms with Gasteiger partial charge in [-0.3, -0.25) is 0 Å². The Morgan fingerprint density at radius 2 is 2.06 bits per heavy atom. The van der Waals surface area contributed by atoms with Gasteiger partial charge in [-0.05, 0) is 52.9 Å². The molecule has 2 rings (SSSR count). The summed E-state index contributed by atoms with van der Waals surface area (Å²) in [5, 5.41) is 0. The van der Waals surface area contributed by atoms with Crippen molar-refractivity contribution in [1.82, 2.24) is 4.72 Å². The van der Waals surface area contributed by atoms with E-state index in [9.17, 15) is 8.42 Å². The zero-order chi connectivity index (χ0) is 12.6. The predicted molar refractivity (Wildman–Crippen MR) is 71.1 cm³/mol. The second-order valence-electron chi connectivity index (χ2n) is 4.58. The molecule has 1 aromatic rings. The Balaban J connectivity index is 2.17. The van der Waals surface area contributed by atoms with Gasteiger partial charge in [0.2, 0.25) is 10.0 Å². The lowest BCUT2D eigenvalue weighted by Gasteiger charge is -2.32. The second kappa shape index (κ2) is 4.59. The normalized spacial score (nSPS) is 24.4. The van der Waals surface area contributed by atoms with E-state index in [1.54, 1.807) is 6.07 Å². The van der Waals surface area contributed by atoms with E-state index < -0.39 is 10.0 Å². The molecule has 1 fully saturated rings. The highest BCUT2D eigenvalue weighted by molar-refractivity contribution is 9.10. The van der Waals surface area contributed by atoms with Crippen molar-refractivity contribution in [2.24, 2.45) is 5.92 Å². The number of hydrogen-bond acceptors (Lipinski definition) is 3. The molecule has 1 saturated carbocycles. The van der Waals surface area contributed by atoms with Crippen LogP contribution in [-0.2, 0) is 10.0 Å². The molecule has 0 unspecified atom stereocenters. The quantitative estimate of drug-likeness (QED) is 0.838. The number of anilines is 1. The fraction of sp³-hybridized carbons (Fsp3) is 0.455. The molecule has 6 heteroatoms. The van der Waals surface area contributed by atoms with E-state index in [2.05, 4.69) is 27.6 Å². The minimum Gasteiger partial charge on any atom is -0.398 e. The van der Waals surface area contributed by atoms with Crippen molar-refractivity contribution in [1.29, 1.82) is 0 Å². The second-order valence-corrected chi connectivity index (χ2v) is 7.15. The fourth-order valence-electron chi connectivity index (χ4n) is 1.96.